The molecule has 0 aromatic heterocycles. The monoisotopic (exact) mass is 296 g/mol. The molecule has 0 fully saturated rings. The van der Waals surface area contributed by atoms with Crippen molar-refractivity contribution >= 4 is 0 Å². The van der Waals surface area contributed by atoms with Gasteiger partial charge in [-0.05, 0) is 21.1 Å². The molecule has 0 aliphatic rings. The standard InChI is InChI=1S/C4H9.C3H9N.Hf/c2*1-4(2)3;/h4H,1H2,2-3H3;1-3H3;/q-1;;. The second kappa shape index (κ2) is 11.6. The average Bonchev–Trinajstić information content (AvgIpc) is 1.25. The zero-order valence-corrected chi connectivity index (χ0v) is 10.8. The second-order valence-corrected chi connectivity index (χ2v) is 2.74. The first-order valence-electron chi connectivity index (χ1n) is 2.90. The maximum atomic E-state index is 3.64. The van der Waals surface area contributed by atoms with Crippen molar-refractivity contribution in [3.8, 4) is 0 Å². The third-order valence-electron chi connectivity index (χ3n) is 0. The van der Waals surface area contributed by atoms with Gasteiger partial charge in [0.25, 0.3) is 0 Å². The van der Waals surface area contributed by atoms with Crippen molar-refractivity contribution in [2.24, 2.45) is 5.92 Å². The van der Waals surface area contributed by atoms with Gasteiger partial charge in [0.2, 0.25) is 0 Å². The van der Waals surface area contributed by atoms with Gasteiger partial charge in [0.05, 0.1) is 0 Å². The van der Waals surface area contributed by atoms with Gasteiger partial charge in [-0.3, -0.25) is 0 Å². The molecule has 0 rings (SSSR count). The minimum absolute atomic E-state index is 0. The predicted molar refractivity (Wildman–Crippen MR) is 39.8 cm³/mol. The van der Waals surface area contributed by atoms with Crippen LogP contribution in [-0.2, 0) is 25.8 Å². The van der Waals surface area contributed by atoms with E-state index in [2.05, 4.69) is 20.8 Å². The van der Waals surface area contributed by atoms with Gasteiger partial charge in [-0.25, -0.2) is 0 Å². The number of hydrogen-bond acceptors (Lipinski definition) is 1. The van der Waals surface area contributed by atoms with E-state index in [1.54, 1.807) is 0 Å². The molecular formula is C7H18HfN-. The molecule has 0 N–H and O–H groups in total. The van der Waals surface area contributed by atoms with E-state index in [-0.39, 0.29) is 25.8 Å². The number of hydrogen-bond donors (Lipinski definition) is 0. The van der Waals surface area contributed by atoms with E-state index in [1.807, 2.05) is 26.0 Å². The molecule has 0 unspecified atom stereocenters. The molecule has 0 saturated heterocycles. The molecule has 0 aromatic carbocycles. The third-order valence-corrected chi connectivity index (χ3v) is 0. The van der Waals surface area contributed by atoms with Crippen LogP contribution in [0, 0.1) is 12.8 Å². The molecule has 0 aromatic rings. The van der Waals surface area contributed by atoms with Gasteiger partial charge in [0.15, 0.2) is 0 Å². The summed E-state index contributed by atoms with van der Waals surface area (Å²) in [5.74, 6) is 0.583. The van der Waals surface area contributed by atoms with E-state index in [9.17, 15) is 0 Å². The Morgan fingerprint density at radius 3 is 1.11 bits per heavy atom. The number of nitrogens with zero attached hydrogens (tertiary/aromatic N) is 1. The number of rotatable bonds is 0. The summed E-state index contributed by atoms with van der Waals surface area (Å²) in [6.07, 6.45) is 0. The first-order chi connectivity index (χ1) is 3.46. The van der Waals surface area contributed by atoms with Crippen LogP contribution in [0.3, 0.4) is 0 Å². The Kier molecular flexibility index (Phi) is 21.2. The quantitative estimate of drug-likeness (QED) is 0.485. The van der Waals surface area contributed by atoms with Crippen molar-refractivity contribution in [3.63, 3.8) is 0 Å². The molecule has 0 radical (unpaired) electrons. The summed E-state index contributed by atoms with van der Waals surface area (Å²) in [6, 6.07) is 0. The van der Waals surface area contributed by atoms with Crippen LogP contribution in [0.25, 0.3) is 0 Å². The Labute approximate surface area is 78.6 Å². The van der Waals surface area contributed by atoms with Gasteiger partial charge in [-0.1, -0.05) is 13.8 Å². The Morgan fingerprint density at radius 2 is 1.11 bits per heavy atom. The normalized spacial score (nSPS) is 8.00. The van der Waals surface area contributed by atoms with Gasteiger partial charge in [0, 0.05) is 25.8 Å². The van der Waals surface area contributed by atoms with Gasteiger partial charge < -0.3 is 11.8 Å². The molecule has 0 bridgehead atoms. The van der Waals surface area contributed by atoms with E-state index in [1.165, 1.54) is 0 Å². The van der Waals surface area contributed by atoms with Crippen molar-refractivity contribution < 1.29 is 25.8 Å². The van der Waals surface area contributed by atoms with Crippen molar-refractivity contribution in [2.75, 3.05) is 21.1 Å². The fourth-order valence-electron chi connectivity index (χ4n) is 0. The average molecular weight is 295 g/mol. The summed E-state index contributed by atoms with van der Waals surface area (Å²) >= 11 is 0. The van der Waals surface area contributed by atoms with Gasteiger partial charge in [-0.15, -0.1) is 0 Å². The van der Waals surface area contributed by atoms with Crippen molar-refractivity contribution in [2.45, 2.75) is 13.8 Å². The van der Waals surface area contributed by atoms with Crippen molar-refractivity contribution in [1.29, 1.82) is 0 Å². The molecule has 9 heavy (non-hydrogen) atoms. The van der Waals surface area contributed by atoms with Crippen LogP contribution in [0.4, 0.5) is 0 Å². The largest absolute Gasteiger partial charge is 0.341 e. The molecule has 0 amide bonds. The molecule has 0 spiro atoms. The summed E-state index contributed by atoms with van der Waals surface area (Å²) in [5.41, 5.74) is 0. The van der Waals surface area contributed by atoms with Crippen LogP contribution in [0.5, 0.6) is 0 Å². The zero-order chi connectivity index (χ0) is 7.15. The van der Waals surface area contributed by atoms with Crippen LogP contribution in [0.15, 0.2) is 0 Å². The summed E-state index contributed by atoms with van der Waals surface area (Å²) in [6.45, 7) is 7.75. The minimum atomic E-state index is 0. The van der Waals surface area contributed by atoms with E-state index in [0.29, 0.717) is 5.92 Å². The molecule has 2 heteroatoms. The smallest absolute Gasteiger partial charge is 0 e. The molecule has 0 heterocycles. The van der Waals surface area contributed by atoms with Crippen LogP contribution >= 0.6 is 0 Å². The summed E-state index contributed by atoms with van der Waals surface area (Å²) in [5, 5.41) is 0. The van der Waals surface area contributed by atoms with E-state index in [4.69, 9.17) is 0 Å². The molecule has 0 atom stereocenters. The van der Waals surface area contributed by atoms with E-state index in [0.717, 1.165) is 0 Å². The summed E-state index contributed by atoms with van der Waals surface area (Å²) < 4.78 is 0. The first-order valence-corrected chi connectivity index (χ1v) is 2.90. The maximum absolute atomic E-state index is 3.64. The Bertz CT molecular complexity index is 24.4. The second-order valence-electron chi connectivity index (χ2n) is 2.74. The molecule has 0 saturated carbocycles. The zero-order valence-electron chi connectivity index (χ0n) is 7.23. The van der Waals surface area contributed by atoms with Crippen LogP contribution in [0.2, 0.25) is 0 Å². The molecule has 56 valence electrons. The van der Waals surface area contributed by atoms with Gasteiger partial charge >= 0.3 is 0 Å². The molecular weight excluding hydrogens is 277 g/mol. The molecule has 0 aliphatic carbocycles. The predicted octanol–water partition coefficient (Wildman–Crippen LogP) is 1.65. The van der Waals surface area contributed by atoms with Gasteiger partial charge in [0.1, 0.15) is 0 Å². The Morgan fingerprint density at radius 1 is 1.11 bits per heavy atom. The SMILES string of the molecule is CN(C)C.[CH2-]C(C)C.[Hf]. The van der Waals surface area contributed by atoms with Crippen molar-refractivity contribution in [1.82, 2.24) is 4.90 Å². The van der Waals surface area contributed by atoms with Crippen LogP contribution in [0.1, 0.15) is 13.8 Å². The van der Waals surface area contributed by atoms with Gasteiger partial charge in [-0.2, -0.15) is 5.92 Å². The van der Waals surface area contributed by atoms with E-state index < -0.39 is 0 Å². The molecule has 0 aliphatic heterocycles. The molecule has 1 nitrogen and oxygen atoms in total. The van der Waals surface area contributed by atoms with E-state index >= 15 is 0 Å². The topological polar surface area (TPSA) is 3.24 Å². The van der Waals surface area contributed by atoms with Crippen molar-refractivity contribution in [3.05, 3.63) is 6.92 Å². The fourth-order valence-corrected chi connectivity index (χ4v) is 0. The van der Waals surface area contributed by atoms with Crippen LogP contribution in [-0.4, -0.2) is 26.0 Å². The third kappa shape index (κ3) is 598. The first kappa shape index (κ1) is 16.4. The van der Waals surface area contributed by atoms with Crippen LogP contribution < -0.4 is 0 Å². The fraction of sp³-hybridized carbons (Fsp3) is 0.857. The Hall–Kier alpha value is 0.830. The minimum Gasteiger partial charge on any atom is -0.341 e. The Balaban J connectivity index is -0.0000000720. The maximum Gasteiger partial charge on any atom is 0 e. The summed E-state index contributed by atoms with van der Waals surface area (Å²) in [4.78, 5) is 2.00. The summed E-state index contributed by atoms with van der Waals surface area (Å²) in [7, 11) is 6.00.